The van der Waals surface area contributed by atoms with Gasteiger partial charge in [-0.1, -0.05) is 0 Å². The van der Waals surface area contributed by atoms with E-state index in [0.29, 0.717) is 18.0 Å². The molecule has 2 fully saturated rings. The molecular formula is C27H35N9O. The zero-order valence-corrected chi connectivity index (χ0v) is 21.8. The Morgan fingerprint density at radius 1 is 0.946 bits per heavy atom. The smallest absolute Gasteiger partial charge is 0.235 e. The maximum Gasteiger partial charge on any atom is 0.235 e. The summed E-state index contributed by atoms with van der Waals surface area (Å²) in [7, 11) is 4.09. The third kappa shape index (κ3) is 4.77. The predicted octanol–water partition coefficient (Wildman–Crippen LogP) is 4.26. The minimum absolute atomic E-state index is 0.148. The number of aryl methyl sites for hydroxylation is 1. The van der Waals surface area contributed by atoms with Gasteiger partial charge in [-0.15, -0.1) is 0 Å². The summed E-state index contributed by atoms with van der Waals surface area (Å²) in [5.74, 6) is 1.49. The van der Waals surface area contributed by atoms with E-state index in [1.54, 1.807) is 12.4 Å². The Balaban J connectivity index is 1.25. The molecule has 0 atom stereocenters. The summed E-state index contributed by atoms with van der Waals surface area (Å²) in [5, 5.41) is 14.2. The van der Waals surface area contributed by atoms with Gasteiger partial charge < -0.3 is 15.0 Å². The van der Waals surface area contributed by atoms with Gasteiger partial charge in [-0.25, -0.2) is 9.97 Å². The van der Waals surface area contributed by atoms with Crippen molar-refractivity contribution >= 4 is 16.7 Å². The zero-order valence-electron chi connectivity index (χ0n) is 21.8. The lowest BCUT2D eigenvalue weighted by Crippen LogP contribution is -2.31. The highest BCUT2D eigenvalue weighted by molar-refractivity contribution is 5.93. The number of aromatic nitrogens is 7. The average molecular weight is 502 g/mol. The first-order valence-electron chi connectivity index (χ1n) is 13.3. The van der Waals surface area contributed by atoms with E-state index in [2.05, 4.69) is 53.8 Å². The van der Waals surface area contributed by atoms with Crippen molar-refractivity contribution in [2.75, 3.05) is 32.5 Å². The minimum Gasteiger partial charge on any atom is -0.473 e. The van der Waals surface area contributed by atoms with Crippen LogP contribution in [0.3, 0.4) is 0 Å². The van der Waals surface area contributed by atoms with Crippen LogP contribution >= 0.6 is 0 Å². The molecule has 0 amide bonds. The highest BCUT2D eigenvalue weighted by Gasteiger charge is 2.28. The maximum atomic E-state index is 6.20. The Kier molecular flexibility index (Phi) is 6.50. The molecule has 0 radical (unpaired) electrons. The number of nitrogens with zero attached hydrogens (tertiary/aromatic N) is 8. The number of hydrogen-bond acceptors (Lipinski definition) is 8. The van der Waals surface area contributed by atoms with Crippen molar-refractivity contribution < 1.29 is 4.74 Å². The molecule has 6 rings (SSSR count). The van der Waals surface area contributed by atoms with E-state index in [1.165, 1.54) is 0 Å². The van der Waals surface area contributed by atoms with Crippen molar-refractivity contribution in [3.63, 3.8) is 0 Å². The summed E-state index contributed by atoms with van der Waals surface area (Å²) in [6.45, 7) is 4.15. The highest BCUT2D eigenvalue weighted by atomic mass is 16.5. The third-order valence-electron chi connectivity index (χ3n) is 7.89. The molecule has 1 aliphatic carbocycles. The molecule has 1 N–H and O–H groups in total. The largest absolute Gasteiger partial charge is 0.473 e. The third-order valence-corrected chi connectivity index (χ3v) is 7.89. The fourth-order valence-corrected chi connectivity index (χ4v) is 5.66. The molecule has 0 aromatic carbocycles. The number of nitrogens with one attached hydrogen (secondary N) is 1. The van der Waals surface area contributed by atoms with E-state index in [0.717, 1.165) is 85.3 Å². The first-order chi connectivity index (χ1) is 18.1. The second-order valence-electron chi connectivity index (χ2n) is 10.4. The number of piperidine rings is 1. The summed E-state index contributed by atoms with van der Waals surface area (Å²) in [6, 6.07) is 2.86. The molecule has 0 spiro atoms. The van der Waals surface area contributed by atoms with Gasteiger partial charge in [-0.3, -0.25) is 14.3 Å². The van der Waals surface area contributed by atoms with Crippen molar-refractivity contribution in [1.82, 2.24) is 39.4 Å². The standard InChI is InChI=1S/C27H35N9O/c1-18-27(30-11-10-29-18)37-22-6-4-21(5-7-22)36-24-14-25(28-2)31-16-23(24)26(33-36)19-15-32-35(17-19)20-8-12-34(3)13-9-20/h10-11,14-17,20-22H,4-9,12-13H2,1-3H3,(H,28,31). The van der Waals surface area contributed by atoms with Crippen LogP contribution in [0.2, 0.25) is 0 Å². The van der Waals surface area contributed by atoms with E-state index >= 15 is 0 Å². The first kappa shape index (κ1) is 23.8. The quantitative estimate of drug-likeness (QED) is 0.418. The Bertz CT molecular complexity index is 1360. The van der Waals surface area contributed by atoms with Gasteiger partial charge >= 0.3 is 0 Å². The molecule has 37 heavy (non-hydrogen) atoms. The van der Waals surface area contributed by atoms with E-state index in [1.807, 2.05) is 26.4 Å². The molecule has 4 aromatic heterocycles. The number of hydrogen-bond donors (Lipinski definition) is 1. The number of ether oxygens (including phenoxy) is 1. The number of rotatable bonds is 6. The highest BCUT2D eigenvalue weighted by Crippen LogP contribution is 2.37. The Morgan fingerprint density at radius 2 is 1.73 bits per heavy atom. The van der Waals surface area contributed by atoms with Crippen molar-refractivity contribution in [2.45, 2.75) is 63.6 Å². The second kappa shape index (κ2) is 10.1. The lowest BCUT2D eigenvalue weighted by Gasteiger charge is -2.29. The number of fused-ring (bicyclic) bond motifs is 1. The first-order valence-corrected chi connectivity index (χ1v) is 13.3. The molecule has 10 nitrogen and oxygen atoms in total. The summed E-state index contributed by atoms with van der Waals surface area (Å²) in [6.07, 6.45) is 15.8. The van der Waals surface area contributed by atoms with E-state index in [9.17, 15) is 0 Å². The summed E-state index contributed by atoms with van der Waals surface area (Å²) in [4.78, 5) is 15.7. The van der Waals surface area contributed by atoms with E-state index < -0.39 is 0 Å². The lowest BCUT2D eigenvalue weighted by atomic mass is 9.93. The van der Waals surface area contributed by atoms with Crippen LogP contribution in [0.15, 0.2) is 37.1 Å². The Labute approximate surface area is 217 Å². The van der Waals surface area contributed by atoms with Gasteiger partial charge in [0.2, 0.25) is 5.88 Å². The van der Waals surface area contributed by atoms with Gasteiger partial charge in [0.1, 0.15) is 17.6 Å². The van der Waals surface area contributed by atoms with Crippen LogP contribution < -0.4 is 10.1 Å². The SMILES string of the molecule is CNc1cc2c(cn1)c(-c1cnn(C3CCN(C)CC3)c1)nn2C1CCC(Oc2nccnc2C)CC1. The van der Waals surface area contributed by atoms with Crippen LogP contribution in [-0.4, -0.2) is 72.7 Å². The molecule has 1 aliphatic heterocycles. The number of likely N-dealkylation sites (tertiary alicyclic amines) is 1. The molecule has 2 aliphatic rings. The van der Waals surface area contributed by atoms with Crippen LogP contribution in [0.25, 0.3) is 22.2 Å². The minimum atomic E-state index is 0.148. The van der Waals surface area contributed by atoms with Gasteiger partial charge in [0, 0.05) is 48.9 Å². The molecule has 194 valence electrons. The predicted molar refractivity (Wildman–Crippen MR) is 143 cm³/mol. The second-order valence-corrected chi connectivity index (χ2v) is 10.4. The average Bonchev–Trinajstić information content (AvgIpc) is 3.56. The number of anilines is 1. The fraction of sp³-hybridized carbons (Fsp3) is 0.519. The number of pyridine rings is 1. The van der Waals surface area contributed by atoms with Crippen LogP contribution in [0.5, 0.6) is 5.88 Å². The van der Waals surface area contributed by atoms with Crippen LogP contribution in [0.1, 0.15) is 56.3 Å². The maximum absolute atomic E-state index is 6.20. The van der Waals surface area contributed by atoms with Crippen molar-refractivity contribution in [3.8, 4) is 17.1 Å². The molecular weight excluding hydrogens is 466 g/mol. The molecule has 5 heterocycles. The monoisotopic (exact) mass is 501 g/mol. The molecule has 4 aromatic rings. The summed E-state index contributed by atoms with van der Waals surface area (Å²) in [5.41, 5.74) is 3.95. The Morgan fingerprint density at radius 3 is 2.49 bits per heavy atom. The topological polar surface area (TPSA) is 98.8 Å². The summed E-state index contributed by atoms with van der Waals surface area (Å²) >= 11 is 0. The van der Waals surface area contributed by atoms with E-state index in [4.69, 9.17) is 14.9 Å². The fourth-order valence-electron chi connectivity index (χ4n) is 5.66. The van der Waals surface area contributed by atoms with Crippen LogP contribution in [0, 0.1) is 6.92 Å². The summed E-state index contributed by atoms with van der Waals surface area (Å²) < 4.78 is 10.5. The van der Waals surface area contributed by atoms with Crippen molar-refractivity contribution in [2.24, 2.45) is 0 Å². The Hall–Kier alpha value is -3.53. The van der Waals surface area contributed by atoms with Crippen LogP contribution in [-0.2, 0) is 0 Å². The molecule has 1 saturated carbocycles. The molecule has 10 heteroatoms. The molecule has 0 bridgehead atoms. The van der Waals surface area contributed by atoms with Crippen molar-refractivity contribution in [3.05, 3.63) is 42.7 Å². The van der Waals surface area contributed by atoms with Gasteiger partial charge in [0.15, 0.2) is 0 Å². The van der Waals surface area contributed by atoms with E-state index in [-0.39, 0.29) is 6.10 Å². The van der Waals surface area contributed by atoms with Crippen molar-refractivity contribution in [1.29, 1.82) is 0 Å². The van der Waals surface area contributed by atoms with Gasteiger partial charge in [-0.2, -0.15) is 10.2 Å². The van der Waals surface area contributed by atoms with Gasteiger partial charge in [0.05, 0.1) is 29.5 Å². The zero-order chi connectivity index (χ0) is 25.4. The molecule has 0 unspecified atom stereocenters. The van der Waals surface area contributed by atoms with Gasteiger partial charge in [0.25, 0.3) is 0 Å². The van der Waals surface area contributed by atoms with Crippen LogP contribution in [0.4, 0.5) is 5.82 Å². The van der Waals surface area contributed by atoms with Gasteiger partial charge in [-0.05, 0) is 65.6 Å². The molecule has 1 saturated heterocycles. The lowest BCUT2D eigenvalue weighted by molar-refractivity contribution is 0.124. The normalized spacial score (nSPS) is 21.4.